The summed E-state index contributed by atoms with van der Waals surface area (Å²) in [5.41, 5.74) is 0.387. The summed E-state index contributed by atoms with van der Waals surface area (Å²) < 4.78 is 28.7. The van der Waals surface area contributed by atoms with Crippen LogP contribution in [0.2, 0.25) is 0 Å². The molecule has 110 valence electrons. The van der Waals surface area contributed by atoms with Crippen molar-refractivity contribution in [3.8, 4) is 5.75 Å². The maximum absolute atomic E-state index is 11.5. The van der Waals surface area contributed by atoms with E-state index in [9.17, 15) is 13.2 Å². The minimum atomic E-state index is -3.05. The van der Waals surface area contributed by atoms with Crippen molar-refractivity contribution in [3.63, 3.8) is 0 Å². The van der Waals surface area contributed by atoms with Crippen LogP contribution in [0.5, 0.6) is 5.75 Å². The van der Waals surface area contributed by atoms with Gasteiger partial charge in [0, 0.05) is 11.5 Å². The summed E-state index contributed by atoms with van der Waals surface area (Å²) >= 11 is 0. The highest BCUT2D eigenvalue weighted by Gasteiger charge is 2.30. The van der Waals surface area contributed by atoms with Crippen LogP contribution in [0, 0.1) is 0 Å². The molecule has 21 heavy (non-hydrogen) atoms. The third-order valence-corrected chi connectivity index (χ3v) is 5.12. The van der Waals surface area contributed by atoms with E-state index in [1.54, 1.807) is 24.3 Å². The molecule has 2 aromatic rings. The van der Waals surface area contributed by atoms with Gasteiger partial charge >= 0.3 is 5.97 Å². The first-order chi connectivity index (χ1) is 9.94. The fraction of sp³-hybridized carbons (Fsp3) is 0.286. The number of pyridine rings is 1. The number of rotatable bonds is 3. The molecule has 1 aliphatic rings. The second-order valence-electron chi connectivity index (χ2n) is 4.97. The van der Waals surface area contributed by atoms with E-state index in [-0.39, 0.29) is 17.2 Å². The molecule has 0 amide bonds. The third kappa shape index (κ3) is 2.82. The van der Waals surface area contributed by atoms with E-state index in [1.165, 1.54) is 6.07 Å². The van der Waals surface area contributed by atoms with Crippen LogP contribution in [0.4, 0.5) is 0 Å². The number of hydrogen-bond acceptors (Lipinski definition) is 5. The van der Waals surface area contributed by atoms with Gasteiger partial charge in [0.25, 0.3) is 0 Å². The van der Waals surface area contributed by atoms with E-state index in [1.807, 2.05) is 0 Å². The van der Waals surface area contributed by atoms with Crippen molar-refractivity contribution < 1.29 is 23.1 Å². The molecule has 1 aliphatic heterocycles. The van der Waals surface area contributed by atoms with Crippen LogP contribution in [0.15, 0.2) is 30.3 Å². The average molecular weight is 307 g/mol. The monoisotopic (exact) mass is 307 g/mol. The zero-order valence-electron chi connectivity index (χ0n) is 11.0. The van der Waals surface area contributed by atoms with Crippen molar-refractivity contribution in [2.24, 2.45) is 0 Å². The van der Waals surface area contributed by atoms with Crippen LogP contribution >= 0.6 is 0 Å². The van der Waals surface area contributed by atoms with Gasteiger partial charge in [-0.25, -0.2) is 18.2 Å². The van der Waals surface area contributed by atoms with E-state index in [0.29, 0.717) is 23.1 Å². The van der Waals surface area contributed by atoms with Gasteiger partial charge in [0.1, 0.15) is 11.9 Å². The Balaban J connectivity index is 2.02. The lowest BCUT2D eigenvalue weighted by atomic mass is 10.1. The molecule has 0 bridgehead atoms. The molecule has 1 fully saturated rings. The second kappa shape index (κ2) is 5.00. The van der Waals surface area contributed by atoms with Gasteiger partial charge in [0.2, 0.25) is 0 Å². The van der Waals surface area contributed by atoms with Gasteiger partial charge in [-0.05, 0) is 18.6 Å². The molecule has 7 heteroatoms. The number of carboxylic acids is 1. The summed E-state index contributed by atoms with van der Waals surface area (Å²) in [4.78, 5) is 15.2. The maximum Gasteiger partial charge on any atom is 0.354 e. The zero-order chi connectivity index (χ0) is 15.0. The number of para-hydroxylation sites is 1. The number of sulfone groups is 1. The Labute approximate surface area is 121 Å². The number of nitrogens with zero attached hydrogens (tertiary/aromatic N) is 1. The summed E-state index contributed by atoms with van der Waals surface area (Å²) in [6, 6.07) is 8.36. The van der Waals surface area contributed by atoms with Crippen molar-refractivity contribution in [1.82, 2.24) is 4.98 Å². The Bertz CT molecular complexity index is 815. The lowest BCUT2D eigenvalue weighted by Gasteiger charge is -2.14. The minimum Gasteiger partial charge on any atom is -0.489 e. The van der Waals surface area contributed by atoms with Crippen molar-refractivity contribution in [2.45, 2.75) is 12.5 Å². The maximum atomic E-state index is 11.5. The smallest absolute Gasteiger partial charge is 0.354 e. The molecule has 2 heterocycles. The predicted molar refractivity (Wildman–Crippen MR) is 76.4 cm³/mol. The highest BCUT2D eigenvalue weighted by atomic mass is 32.2. The summed E-state index contributed by atoms with van der Waals surface area (Å²) in [5.74, 6) is -0.719. The number of carboxylic acid groups (broad SMARTS) is 1. The van der Waals surface area contributed by atoms with Crippen LogP contribution in [0.25, 0.3) is 10.9 Å². The minimum absolute atomic E-state index is 0.0357. The summed E-state index contributed by atoms with van der Waals surface area (Å²) in [6.07, 6.45) is -0.0241. The molecule has 1 saturated heterocycles. The highest BCUT2D eigenvalue weighted by Crippen LogP contribution is 2.28. The Kier molecular flexibility index (Phi) is 3.29. The first-order valence-electron chi connectivity index (χ1n) is 6.45. The molecule has 0 spiro atoms. The molecular weight excluding hydrogens is 294 g/mol. The molecule has 0 radical (unpaired) electrons. The lowest BCUT2D eigenvalue weighted by Crippen LogP contribution is -2.18. The zero-order valence-corrected chi connectivity index (χ0v) is 11.8. The Morgan fingerprint density at radius 2 is 2.10 bits per heavy atom. The Morgan fingerprint density at radius 1 is 1.33 bits per heavy atom. The first-order valence-corrected chi connectivity index (χ1v) is 8.27. The number of fused-ring (bicyclic) bond motifs is 1. The topological polar surface area (TPSA) is 93.6 Å². The van der Waals surface area contributed by atoms with E-state index in [2.05, 4.69) is 4.98 Å². The SMILES string of the molecule is O=C(O)c1cc(O[C@H]2CCS(=O)(=O)C2)c2ccccc2n1. The number of hydrogen-bond donors (Lipinski definition) is 1. The molecule has 0 aliphatic carbocycles. The van der Waals surface area contributed by atoms with Crippen molar-refractivity contribution in [2.75, 3.05) is 11.5 Å². The lowest BCUT2D eigenvalue weighted by molar-refractivity contribution is 0.0690. The fourth-order valence-electron chi connectivity index (χ4n) is 2.38. The van der Waals surface area contributed by atoms with Crippen molar-refractivity contribution in [1.29, 1.82) is 0 Å². The second-order valence-corrected chi connectivity index (χ2v) is 7.20. The van der Waals surface area contributed by atoms with Crippen molar-refractivity contribution >= 4 is 26.7 Å². The molecule has 3 rings (SSSR count). The molecule has 0 unspecified atom stereocenters. The number of benzene rings is 1. The molecule has 6 nitrogen and oxygen atoms in total. The van der Waals surface area contributed by atoms with Gasteiger partial charge in [-0.2, -0.15) is 0 Å². The predicted octanol–water partition coefficient (Wildman–Crippen LogP) is 1.50. The summed E-state index contributed by atoms with van der Waals surface area (Å²) in [6.45, 7) is 0. The van der Waals surface area contributed by atoms with Crippen LogP contribution in [-0.4, -0.2) is 42.1 Å². The van der Waals surface area contributed by atoms with Gasteiger partial charge < -0.3 is 9.84 Å². The average Bonchev–Trinajstić information content (AvgIpc) is 2.77. The van der Waals surface area contributed by atoms with E-state index < -0.39 is 21.9 Å². The molecule has 0 saturated carbocycles. The summed E-state index contributed by atoms with van der Waals surface area (Å²) in [7, 11) is -3.05. The Hall–Kier alpha value is -2.15. The quantitative estimate of drug-likeness (QED) is 0.923. The van der Waals surface area contributed by atoms with Gasteiger partial charge in [-0.15, -0.1) is 0 Å². The number of ether oxygens (including phenoxy) is 1. The van der Waals surface area contributed by atoms with Gasteiger partial charge in [-0.1, -0.05) is 12.1 Å². The van der Waals surface area contributed by atoms with E-state index >= 15 is 0 Å². The van der Waals surface area contributed by atoms with E-state index in [0.717, 1.165) is 0 Å². The Morgan fingerprint density at radius 3 is 2.76 bits per heavy atom. The number of carbonyl (C=O) groups is 1. The third-order valence-electron chi connectivity index (χ3n) is 3.38. The molecule has 1 atom stereocenters. The van der Waals surface area contributed by atoms with Gasteiger partial charge in [0.15, 0.2) is 15.5 Å². The molecular formula is C14H13NO5S. The van der Waals surface area contributed by atoms with Gasteiger partial charge in [0.05, 0.1) is 17.0 Å². The van der Waals surface area contributed by atoms with Gasteiger partial charge in [-0.3, -0.25) is 0 Å². The number of aromatic carboxylic acids is 1. The van der Waals surface area contributed by atoms with Crippen LogP contribution in [0.3, 0.4) is 0 Å². The fourth-order valence-corrected chi connectivity index (χ4v) is 3.97. The van der Waals surface area contributed by atoms with E-state index in [4.69, 9.17) is 9.84 Å². The molecule has 1 aromatic heterocycles. The van der Waals surface area contributed by atoms with Crippen LogP contribution in [0.1, 0.15) is 16.9 Å². The largest absolute Gasteiger partial charge is 0.489 e. The standard InChI is InChI=1S/C14H13NO5S/c16-14(17)12-7-13(10-3-1-2-4-11(10)15-12)20-9-5-6-21(18,19)8-9/h1-4,7,9H,5-6,8H2,(H,16,17)/t9-/m0/s1. The summed E-state index contributed by atoms with van der Waals surface area (Å²) in [5, 5.41) is 9.77. The molecule has 1 N–H and O–H groups in total. The van der Waals surface area contributed by atoms with Crippen LogP contribution in [-0.2, 0) is 9.84 Å². The normalized spacial score (nSPS) is 20.5. The highest BCUT2D eigenvalue weighted by molar-refractivity contribution is 7.91. The molecule has 1 aromatic carbocycles. The number of aromatic nitrogens is 1. The first kappa shape index (κ1) is 13.8. The van der Waals surface area contributed by atoms with Crippen LogP contribution < -0.4 is 4.74 Å². The van der Waals surface area contributed by atoms with Crippen molar-refractivity contribution in [3.05, 3.63) is 36.0 Å².